The quantitative estimate of drug-likeness (QED) is 0.374. The fourth-order valence-corrected chi connectivity index (χ4v) is 3.89. The fraction of sp³-hybridized carbons (Fsp3) is 0.357. The third kappa shape index (κ3) is 6.66. The molecule has 0 bridgehead atoms. The van der Waals surface area contributed by atoms with Crippen LogP contribution in [-0.4, -0.2) is 55.0 Å². The van der Waals surface area contributed by atoms with Crippen molar-refractivity contribution in [2.75, 3.05) is 27.3 Å². The highest BCUT2D eigenvalue weighted by Crippen LogP contribution is 2.30. The van der Waals surface area contributed by atoms with Gasteiger partial charge < -0.3 is 23.7 Å². The third-order valence-electron chi connectivity index (χ3n) is 6.12. The molecule has 3 rings (SSSR count). The highest BCUT2D eigenvalue weighted by atomic mass is 16.5. The van der Waals surface area contributed by atoms with Crippen molar-refractivity contribution in [2.24, 2.45) is 0 Å². The van der Waals surface area contributed by atoms with Crippen LogP contribution in [0, 0.1) is 0 Å². The van der Waals surface area contributed by atoms with Crippen molar-refractivity contribution in [2.45, 2.75) is 39.3 Å². The lowest BCUT2D eigenvalue weighted by molar-refractivity contribution is -0.133. The van der Waals surface area contributed by atoms with Crippen LogP contribution in [-0.2, 0) is 17.8 Å². The lowest BCUT2D eigenvalue weighted by atomic mass is 10.1. The van der Waals surface area contributed by atoms with Gasteiger partial charge in [-0.2, -0.15) is 0 Å². The summed E-state index contributed by atoms with van der Waals surface area (Å²) in [6.45, 7) is 4.70. The number of carbonyl (C=O) groups excluding carboxylic acids is 2. The Labute approximate surface area is 207 Å². The number of hydrogen-bond acceptors (Lipinski definition) is 5. The van der Waals surface area contributed by atoms with Crippen molar-refractivity contribution in [3.8, 4) is 11.5 Å². The predicted molar refractivity (Wildman–Crippen MR) is 135 cm³/mol. The van der Waals surface area contributed by atoms with Crippen LogP contribution in [0.2, 0.25) is 0 Å². The number of ether oxygens (including phenoxy) is 2. The highest BCUT2D eigenvalue weighted by molar-refractivity contribution is 6.01. The number of furan rings is 1. The van der Waals surface area contributed by atoms with Crippen LogP contribution >= 0.6 is 0 Å². The molecule has 0 fully saturated rings. The van der Waals surface area contributed by atoms with Crippen molar-refractivity contribution in [3.63, 3.8) is 0 Å². The molecule has 0 saturated heterocycles. The zero-order valence-corrected chi connectivity index (χ0v) is 20.9. The fourth-order valence-electron chi connectivity index (χ4n) is 3.89. The first-order valence-electron chi connectivity index (χ1n) is 11.8. The minimum atomic E-state index is -0.303. The maximum absolute atomic E-state index is 13.7. The second-order valence-corrected chi connectivity index (χ2v) is 8.36. The van der Waals surface area contributed by atoms with Gasteiger partial charge in [0.2, 0.25) is 5.91 Å². The average Bonchev–Trinajstić information content (AvgIpc) is 3.42. The Hall–Kier alpha value is -3.74. The van der Waals surface area contributed by atoms with E-state index in [1.54, 1.807) is 40.3 Å². The summed E-state index contributed by atoms with van der Waals surface area (Å²) in [7, 11) is 3.03. The summed E-state index contributed by atoms with van der Waals surface area (Å²) in [5, 5.41) is 0. The van der Waals surface area contributed by atoms with Crippen LogP contribution in [0.5, 0.6) is 11.5 Å². The molecular formula is C28H34N2O5. The molecule has 35 heavy (non-hydrogen) atoms. The van der Waals surface area contributed by atoms with Crippen LogP contribution in [0.25, 0.3) is 0 Å². The molecule has 0 aliphatic rings. The standard InChI is InChI=1S/C28H34N2O5/c1-5-21(2)30(28(32)27-24(33-3)14-9-15-25(27)34-4)20-26(31)29(19-23-13-10-18-35-23)17-16-22-11-7-6-8-12-22/h6-15,18,21H,5,16-17,19-20H2,1-4H3. The predicted octanol–water partition coefficient (Wildman–Crippen LogP) is 4.81. The van der Waals surface area contributed by atoms with Gasteiger partial charge in [-0.3, -0.25) is 9.59 Å². The van der Waals surface area contributed by atoms with Gasteiger partial charge in [0.25, 0.3) is 5.91 Å². The Kier molecular flexibility index (Phi) is 9.35. The molecule has 1 heterocycles. The van der Waals surface area contributed by atoms with E-state index >= 15 is 0 Å². The largest absolute Gasteiger partial charge is 0.496 e. The molecule has 1 aromatic heterocycles. The average molecular weight is 479 g/mol. The number of amides is 2. The van der Waals surface area contributed by atoms with E-state index in [1.165, 1.54) is 14.2 Å². The lowest BCUT2D eigenvalue weighted by Gasteiger charge is -2.32. The topological polar surface area (TPSA) is 72.2 Å². The van der Waals surface area contributed by atoms with E-state index < -0.39 is 0 Å². The Bertz CT molecular complexity index is 1060. The number of hydrogen-bond donors (Lipinski definition) is 0. The summed E-state index contributed by atoms with van der Waals surface area (Å²) >= 11 is 0. The minimum absolute atomic E-state index is 0.0649. The number of rotatable bonds is 12. The molecule has 0 aliphatic carbocycles. The molecule has 2 aromatic carbocycles. The summed E-state index contributed by atoms with van der Waals surface area (Å²) in [4.78, 5) is 30.7. The molecule has 2 amide bonds. The number of nitrogens with zero attached hydrogens (tertiary/aromatic N) is 2. The van der Waals surface area contributed by atoms with E-state index in [0.717, 1.165) is 5.56 Å². The smallest absolute Gasteiger partial charge is 0.262 e. The molecule has 1 unspecified atom stereocenters. The number of methoxy groups -OCH3 is 2. The SMILES string of the molecule is CCC(C)N(CC(=O)N(CCc1ccccc1)Cc1ccco1)C(=O)c1c(OC)cccc1OC. The van der Waals surface area contributed by atoms with Gasteiger partial charge in [-0.25, -0.2) is 0 Å². The van der Waals surface area contributed by atoms with E-state index in [1.807, 2.05) is 50.2 Å². The molecule has 7 nitrogen and oxygen atoms in total. The second kappa shape index (κ2) is 12.6. The Morgan fingerprint density at radius 3 is 2.20 bits per heavy atom. The maximum Gasteiger partial charge on any atom is 0.262 e. The van der Waals surface area contributed by atoms with Crippen molar-refractivity contribution in [3.05, 3.63) is 83.8 Å². The summed E-state index contributed by atoms with van der Waals surface area (Å²) in [6.07, 6.45) is 2.99. The van der Waals surface area contributed by atoms with Crippen LogP contribution in [0.3, 0.4) is 0 Å². The summed E-state index contributed by atoms with van der Waals surface area (Å²) < 4.78 is 16.4. The lowest BCUT2D eigenvalue weighted by Crippen LogP contribution is -2.47. The van der Waals surface area contributed by atoms with Gasteiger partial charge in [0.05, 0.1) is 27.0 Å². The molecule has 0 spiro atoms. The van der Waals surface area contributed by atoms with Crippen molar-refractivity contribution in [1.29, 1.82) is 0 Å². The van der Waals surface area contributed by atoms with Crippen LogP contribution in [0.1, 0.15) is 41.9 Å². The third-order valence-corrected chi connectivity index (χ3v) is 6.12. The van der Waals surface area contributed by atoms with Gasteiger partial charge in [0.1, 0.15) is 29.4 Å². The molecule has 0 aliphatic heterocycles. The summed E-state index contributed by atoms with van der Waals surface area (Å²) in [6, 6.07) is 18.7. The van der Waals surface area contributed by atoms with Gasteiger partial charge in [0.15, 0.2) is 0 Å². The number of benzene rings is 2. The van der Waals surface area contributed by atoms with E-state index in [2.05, 4.69) is 0 Å². The second-order valence-electron chi connectivity index (χ2n) is 8.36. The van der Waals surface area contributed by atoms with Gasteiger partial charge in [-0.05, 0) is 49.6 Å². The number of carbonyl (C=O) groups is 2. The van der Waals surface area contributed by atoms with E-state index in [0.29, 0.717) is 48.8 Å². The van der Waals surface area contributed by atoms with Crippen molar-refractivity contribution >= 4 is 11.8 Å². The van der Waals surface area contributed by atoms with Crippen molar-refractivity contribution < 1.29 is 23.5 Å². The maximum atomic E-state index is 13.7. The molecule has 3 aromatic rings. The Morgan fingerprint density at radius 1 is 0.943 bits per heavy atom. The monoisotopic (exact) mass is 478 g/mol. The Morgan fingerprint density at radius 2 is 1.63 bits per heavy atom. The minimum Gasteiger partial charge on any atom is -0.496 e. The first-order chi connectivity index (χ1) is 17.0. The van der Waals surface area contributed by atoms with Gasteiger partial charge in [0, 0.05) is 12.6 Å². The molecule has 0 radical (unpaired) electrons. The van der Waals surface area contributed by atoms with Crippen molar-refractivity contribution in [1.82, 2.24) is 9.80 Å². The van der Waals surface area contributed by atoms with Gasteiger partial charge >= 0.3 is 0 Å². The van der Waals surface area contributed by atoms with Crippen LogP contribution in [0.15, 0.2) is 71.3 Å². The normalized spacial score (nSPS) is 11.5. The van der Waals surface area contributed by atoms with E-state index in [4.69, 9.17) is 13.9 Å². The molecular weight excluding hydrogens is 444 g/mol. The van der Waals surface area contributed by atoms with Crippen LogP contribution < -0.4 is 9.47 Å². The summed E-state index contributed by atoms with van der Waals surface area (Å²) in [5.41, 5.74) is 1.45. The van der Waals surface area contributed by atoms with Gasteiger partial charge in [-0.15, -0.1) is 0 Å². The van der Waals surface area contributed by atoms with E-state index in [-0.39, 0.29) is 24.4 Å². The zero-order valence-electron chi connectivity index (χ0n) is 20.9. The van der Waals surface area contributed by atoms with E-state index in [9.17, 15) is 9.59 Å². The highest BCUT2D eigenvalue weighted by Gasteiger charge is 2.30. The molecule has 7 heteroatoms. The zero-order chi connectivity index (χ0) is 25.2. The summed E-state index contributed by atoms with van der Waals surface area (Å²) in [5.74, 6) is 1.06. The first-order valence-corrected chi connectivity index (χ1v) is 11.8. The first kappa shape index (κ1) is 25.9. The molecule has 0 N–H and O–H groups in total. The molecule has 0 saturated carbocycles. The molecule has 1 atom stereocenters. The Balaban J connectivity index is 1.85. The van der Waals surface area contributed by atoms with Gasteiger partial charge in [-0.1, -0.05) is 43.3 Å². The van der Waals surface area contributed by atoms with Crippen LogP contribution in [0.4, 0.5) is 0 Å². The molecule has 186 valence electrons.